The molecule has 29 heavy (non-hydrogen) atoms. The number of ether oxygens (including phenoxy) is 1. The van der Waals surface area contributed by atoms with Crippen molar-refractivity contribution in [2.75, 3.05) is 13.1 Å². The largest absolute Gasteiger partial charge is 0.444 e. The zero-order valence-electron chi connectivity index (χ0n) is 17.8. The van der Waals surface area contributed by atoms with Crippen molar-refractivity contribution in [3.8, 4) is 0 Å². The molecule has 4 heterocycles. The lowest BCUT2D eigenvalue weighted by Crippen LogP contribution is -2.41. The van der Waals surface area contributed by atoms with Crippen LogP contribution in [0.2, 0.25) is 0 Å². The van der Waals surface area contributed by atoms with Gasteiger partial charge >= 0.3 is 6.09 Å². The van der Waals surface area contributed by atoms with Crippen LogP contribution in [0.5, 0.6) is 0 Å². The molecule has 1 aliphatic heterocycles. The molecular formula is C22H30N4O3. The highest BCUT2D eigenvalue weighted by Crippen LogP contribution is 2.24. The van der Waals surface area contributed by atoms with Crippen LogP contribution in [0.3, 0.4) is 0 Å². The highest BCUT2D eigenvalue weighted by atomic mass is 16.6. The lowest BCUT2D eigenvalue weighted by Gasteiger charge is -2.33. The van der Waals surface area contributed by atoms with Gasteiger partial charge in [-0.1, -0.05) is 6.07 Å². The van der Waals surface area contributed by atoms with Crippen molar-refractivity contribution in [3.63, 3.8) is 0 Å². The summed E-state index contributed by atoms with van der Waals surface area (Å²) in [5.74, 6) is 0.588. The van der Waals surface area contributed by atoms with E-state index in [4.69, 9.17) is 4.74 Å². The maximum absolute atomic E-state index is 12.9. The second-order valence-corrected chi connectivity index (χ2v) is 9.13. The van der Waals surface area contributed by atoms with E-state index in [1.165, 1.54) is 0 Å². The number of amides is 1. The summed E-state index contributed by atoms with van der Waals surface area (Å²) < 4.78 is 9.32. The fraction of sp³-hybridized carbons (Fsp3) is 0.591. The molecule has 1 amide bonds. The first kappa shape index (κ1) is 19.7. The number of likely N-dealkylation sites (tertiary alicyclic amines) is 1. The van der Waals surface area contributed by atoms with Crippen molar-refractivity contribution in [3.05, 3.63) is 34.2 Å². The Morgan fingerprint density at radius 3 is 2.66 bits per heavy atom. The number of pyridine rings is 1. The molecule has 3 aromatic heterocycles. The first-order valence-electron chi connectivity index (χ1n) is 10.5. The molecule has 0 radical (unpaired) electrons. The molecule has 1 aliphatic rings. The summed E-state index contributed by atoms with van der Waals surface area (Å²) in [5.41, 5.74) is 2.84. The van der Waals surface area contributed by atoms with Gasteiger partial charge in [0.15, 0.2) is 0 Å². The SMILES string of the molecule is Cc1nc2cccc3n(CCCC4CCN(C(=O)OC(C)(C)C)CC4)c(=O)c1n23. The van der Waals surface area contributed by atoms with Crippen LogP contribution < -0.4 is 5.56 Å². The van der Waals surface area contributed by atoms with Gasteiger partial charge in [-0.2, -0.15) is 0 Å². The molecule has 0 atom stereocenters. The number of piperidine rings is 1. The Labute approximate surface area is 170 Å². The van der Waals surface area contributed by atoms with E-state index >= 15 is 0 Å². The van der Waals surface area contributed by atoms with Gasteiger partial charge in [0.05, 0.1) is 5.69 Å². The van der Waals surface area contributed by atoms with Crippen molar-refractivity contribution in [1.29, 1.82) is 0 Å². The third kappa shape index (κ3) is 3.82. The van der Waals surface area contributed by atoms with Gasteiger partial charge in [0.1, 0.15) is 22.4 Å². The van der Waals surface area contributed by atoms with E-state index in [2.05, 4.69) is 4.98 Å². The molecule has 7 nitrogen and oxygen atoms in total. The van der Waals surface area contributed by atoms with Crippen LogP contribution in [0.1, 0.15) is 52.1 Å². The summed E-state index contributed by atoms with van der Waals surface area (Å²) in [4.78, 5) is 31.4. The maximum atomic E-state index is 12.9. The standard InChI is InChI=1S/C22H30N4O3/c1-15-19-20(27)25(18-9-5-8-17(23-15)26(18)19)12-6-7-16-10-13-24(14-11-16)21(28)29-22(2,3)4/h5,8-9,16H,6-7,10-14H2,1-4H3. The number of aryl methyl sites for hydroxylation is 2. The summed E-state index contributed by atoms with van der Waals surface area (Å²) in [6.45, 7) is 9.79. The number of aromatic nitrogens is 3. The molecule has 1 saturated heterocycles. The van der Waals surface area contributed by atoms with Crippen LogP contribution in [0.25, 0.3) is 16.8 Å². The molecule has 0 N–H and O–H groups in total. The Bertz CT molecular complexity index is 1070. The first-order chi connectivity index (χ1) is 13.7. The Hall–Kier alpha value is -2.57. The van der Waals surface area contributed by atoms with Crippen LogP contribution in [0.15, 0.2) is 23.0 Å². The minimum Gasteiger partial charge on any atom is -0.444 e. The Kier molecular flexibility index (Phi) is 5.00. The lowest BCUT2D eigenvalue weighted by atomic mass is 9.92. The molecular weight excluding hydrogens is 368 g/mol. The van der Waals surface area contributed by atoms with Gasteiger partial charge in [-0.3, -0.25) is 13.8 Å². The molecule has 156 valence electrons. The minimum absolute atomic E-state index is 0.0518. The Morgan fingerprint density at radius 2 is 1.97 bits per heavy atom. The zero-order chi connectivity index (χ0) is 20.8. The van der Waals surface area contributed by atoms with Crippen LogP contribution in [0, 0.1) is 12.8 Å². The molecule has 0 saturated carbocycles. The van der Waals surface area contributed by atoms with E-state index < -0.39 is 5.60 Å². The maximum Gasteiger partial charge on any atom is 0.410 e. The second kappa shape index (κ2) is 7.35. The van der Waals surface area contributed by atoms with Crippen LogP contribution in [0.4, 0.5) is 4.79 Å². The van der Waals surface area contributed by atoms with E-state index in [0.29, 0.717) is 18.0 Å². The van der Waals surface area contributed by atoms with Crippen molar-refractivity contribution >= 4 is 22.9 Å². The van der Waals surface area contributed by atoms with Gasteiger partial charge in [-0.15, -0.1) is 0 Å². The zero-order valence-corrected chi connectivity index (χ0v) is 17.8. The highest BCUT2D eigenvalue weighted by molar-refractivity contribution is 5.70. The van der Waals surface area contributed by atoms with Gasteiger partial charge in [0.2, 0.25) is 0 Å². The van der Waals surface area contributed by atoms with Crippen molar-refractivity contribution in [1.82, 2.24) is 18.9 Å². The number of rotatable bonds is 4. The van der Waals surface area contributed by atoms with Gasteiger partial charge in [-0.05, 0) is 71.4 Å². The number of hydrogen-bond donors (Lipinski definition) is 0. The third-order valence-electron chi connectivity index (χ3n) is 5.78. The summed E-state index contributed by atoms with van der Waals surface area (Å²) in [7, 11) is 0. The van der Waals surface area contributed by atoms with Gasteiger partial charge < -0.3 is 9.64 Å². The van der Waals surface area contributed by atoms with Crippen LogP contribution >= 0.6 is 0 Å². The number of nitrogens with zero attached hydrogens (tertiary/aromatic N) is 4. The van der Waals surface area contributed by atoms with Crippen molar-refractivity contribution < 1.29 is 9.53 Å². The predicted molar refractivity (Wildman–Crippen MR) is 113 cm³/mol. The second-order valence-electron chi connectivity index (χ2n) is 9.13. The monoisotopic (exact) mass is 398 g/mol. The van der Waals surface area contributed by atoms with Crippen LogP contribution in [-0.4, -0.2) is 43.6 Å². The smallest absolute Gasteiger partial charge is 0.410 e. The fourth-order valence-electron chi connectivity index (χ4n) is 4.37. The Balaban J connectivity index is 1.34. The van der Waals surface area contributed by atoms with E-state index in [1.54, 1.807) is 0 Å². The quantitative estimate of drug-likeness (QED) is 0.670. The number of carbonyl (C=O) groups excluding carboxylic acids is 1. The van der Waals surface area contributed by atoms with Crippen molar-refractivity contribution in [2.24, 2.45) is 5.92 Å². The molecule has 0 bridgehead atoms. The van der Waals surface area contributed by atoms with E-state index in [1.807, 2.05) is 59.8 Å². The summed E-state index contributed by atoms with van der Waals surface area (Å²) in [6, 6.07) is 5.88. The molecule has 1 fully saturated rings. The summed E-state index contributed by atoms with van der Waals surface area (Å²) in [5, 5.41) is 0. The predicted octanol–water partition coefficient (Wildman–Crippen LogP) is 3.82. The number of hydrogen-bond acceptors (Lipinski definition) is 4. The average Bonchev–Trinajstić information content (AvgIpc) is 3.14. The molecule has 4 rings (SSSR count). The third-order valence-corrected chi connectivity index (χ3v) is 5.78. The topological polar surface area (TPSA) is 68.8 Å². The Morgan fingerprint density at radius 1 is 1.24 bits per heavy atom. The van der Waals surface area contributed by atoms with E-state index in [9.17, 15) is 9.59 Å². The van der Waals surface area contributed by atoms with Gasteiger partial charge in [-0.25, -0.2) is 9.78 Å². The molecule has 0 unspecified atom stereocenters. The normalized spacial score (nSPS) is 16.2. The molecule has 0 spiro atoms. The molecule has 7 heteroatoms. The number of carbonyl (C=O) groups is 1. The molecule has 0 aromatic carbocycles. The van der Waals surface area contributed by atoms with E-state index in [-0.39, 0.29) is 11.7 Å². The highest BCUT2D eigenvalue weighted by Gasteiger charge is 2.26. The summed E-state index contributed by atoms with van der Waals surface area (Å²) >= 11 is 0. The molecule has 3 aromatic rings. The van der Waals surface area contributed by atoms with Gasteiger partial charge in [0.25, 0.3) is 5.56 Å². The molecule has 0 aliphatic carbocycles. The van der Waals surface area contributed by atoms with E-state index in [0.717, 1.165) is 55.8 Å². The average molecular weight is 399 g/mol. The van der Waals surface area contributed by atoms with Crippen LogP contribution in [-0.2, 0) is 11.3 Å². The minimum atomic E-state index is -0.453. The van der Waals surface area contributed by atoms with Gasteiger partial charge in [0, 0.05) is 19.6 Å². The summed E-state index contributed by atoms with van der Waals surface area (Å²) in [6.07, 6.45) is 3.79. The fourth-order valence-corrected chi connectivity index (χ4v) is 4.37. The van der Waals surface area contributed by atoms with Crippen molar-refractivity contribution in [2.45, 2.75) is 65.5 Å². The first-order valence-corrected chi connectivity index (χ1v) is 10.5. The lowest BCUT2D eigenvalue weighted by molar-refractivity contribution is 0.0180. The number of imidazole rings is 2.